The summed E-state index contributed by atoms with van der Waals surface area (Å²) in [5.41, 5.74) is 4.96. The zero-order valence-electron chi connectivity index (χ0n) is 16.5. The van der Waals surface area contributed by atoms with Crippen LogP contribution in [-0.4, -0.2) is 40.4 Å². The minimum Gasteiger partial charge on any atom is -0.466 e. The van der Waals surface area contributed by atoms with Crippen LogP contribution in [0, 0.1) is 13.8 Å². The van der Waals surface area contributed by atoms with Crippen LogP contribution in [0.15, 0.2) is 54.9 Å². The predicted molar refractivity (Wildman–Crippen MR) is 111 cm³/mol. The summed E-state index contributed by atoms with van der Waals surface area (Å²) < 4.78 is 6.27. The van der Waals surface area contributed by atoms with Crippen LogP contribution in [0.5, 0.6) is 0 Å². The number of aromatic nitrogens is 3. The molecule has 3 aromatic rings. The molecule has 0 amide bonds. The first-order valence-corrected chi connectivity index (χ1v) is 9.08. The molecule has 0 unspecified atom stereocenters. The van der Waals surface area contributed by atoms with Crippen molar-refractivity contribution in [3.8, 4) is 5.69 Å². The number of ether oxygens (including phenoxy) is 1. The molecule has 7 heteroatoms. The lowest BCUT2D eigenvalue weighted by molar-refractivity contribution is -0.134. The monoisotopic (exact) mass is 390 g/mol. The highest BCUT2D eigenvalue weighted by atomic mass is 16.5. The number of anilines is 1. The van der Waals surface area contributed by atoms with Gasteiger partial charge >= 0.3 is 5.97 Å². The van der Waals surface area contributed by atoms with Gasteiger partial charge in [0.2, 0.25) is 0 Å². The maximum absolute atomic E-state index is 12.7. The van der Waals surface area contributed by atoms with Crippen LogP contribution >= 0.6 is 0 Å². The smallest absolute Gasteiger partial charge is 0.330 e. The highest BCUT2D eigenvalue weighted by Gasteiger charge is 2.10. The molecule has 0 radical (unpaired) electrons. The number of aryl methyl sites for hydroxylation is 2. The Bertz CT molecular complexity index is 1040. The number of hydrogen-bond acceptors (Lipinski definition) is 6. The number of nitrogens with one attached hydrogen (secondary N) is 1. The molecule has 0 spiro atoms. The third-order valence-electron chi connectivity index (χ3n) is 4.31. The molecule has 29 heavy (non-hydrogen) atoms. The van der Waals surface area contributed by atoms with Crippen molar-refractivity contribution in [2.45, 2.75) is 13.8 Å². The highest BCUT2D eigenvalue weighted by Crippen LogP contribution is 2.22. The number of carbonyl (C=O) groups excluding carboxylic acids is 2. The van der Waals surface area contributed by atoms with E-state index < -0.39 is 5.97 Å². The van der Waals surface area contributed by atoms with Gasteiger partial charge in [-0.15, -0.1) is 5.10 Å². The summed E-state index contributed by atoms with van der Waals surface area (Å²) in [6, 6.07) is 11.3. The summed E-state index contributed by atoms with van der Waals surface area (Å²) in [5, 5.41) is 11.0. The fourth-order valence-electron chi connectivity index (χ4n) is 2.97. The molecule has 2 aromatic carbocycles. The number of Topliss-reactive ketones (excluding diaryl/α,β-unsaturated/α-hetero) is 1. The minimum atomic E-state index is -0.456. The SMILES string of the molecule is COC(=O)/C=C/c1ccc(-n2ccnn2)cc1NCC(=O)c1cc(C)cc(C)c1. The van der Waals surface area contributed by atoms with Crippen molar-refractivity contribution in [2.75, 3.05) is 19.0 Å². The summed E-state index contributed by atoms with van der Waals surface area (Å²) in [6.07, 6.45) is 6.29. The molecule has 1 N–H and O–H groups in total. The van der Waals surface area contributed by atoms with Gasteiger partial charge < -0.3 is 10.1 Å². The van der Waals surface area contributed by atoms with E-state index in [1.165, 1.54) is 13.2 Å². The van der Waals surface area contributed by atoms with Gasteiger partial charge in [-0.25, -0.2) is 9.48 Å². The van der Waals surface area contributed by atoms with Gasteiger partial charge in [-0.1, -0.05) is 28.5 Å². The van der Waals surface area contributed by atoms with Crippen LogP contribution in [0.1, 0.15) is 27.0 Å². The molecule has 0 saturated carbocycles. The molecule has 0 aliphatic carbocycles. The van der Waals surface area contributed by atoms with E-state index in [0.717, 1.165) is 22.4 Å². The number of rotatable bonds is 7. The number of esters is 1. The number of ketones is 1. The van der Waals surface area contributed by atoms with Gasteiger partial charge in [0, 0.05) is 17.3 Å². The lowest BCUT2D eigenvalue weighted by Crippen LogP contribution is -2.15. The van der Waals surface area contributed by atoms with E-state index in [9.17, 15) is 9.59 Å². The molecule has 0 fully saturated rings. The average molecular weight is 390 g/mol. The standard InChI is InChI=1S/C22H22N4O3/c1-15-10-16(2)12-18(11-15)21(27)14-23-20-13-19(26-9-8-24-25-26)6-4-17(20)5-7-22(28)29-3/h4-13,23H,14H2,1-3H3/b7-5+. The van der Waals surface area contributed by atoms with Crippen LogP contribution in [0.4, 0.5) is 5.69 Å². The van der Waals surface area contributed by atoms with Gasteiger partial charge in [0.1, 0.15) is 0 Å². The van der Waals surface area contributed by atoms with Crippen LogP contribution in [0.3, 0.4) is 0 Å². The molecule has 0 atom stereocenters. The molecular formula is C22H22N4O3. The van der Waals surface area contributed by atoms with Crippen LogP contribution in [0.25, 0.3) is 11.8 Å². The molecule has 0 saturated heterocycles. The van der Waals surface area contributed by atoms with Crippen LogP contribution < -0.4 is 5.32 Å². The fraction of sp³-hybridized carbons (Fsp3) is 0.182. The average Bonchev–Trinajstić information content (AvgIpc) is 3.24. The van der Waals surface area contributed by atoms with Crippen molar-refractivity contribution in [1.29, 1.82) is 0 Å². The first-order valence-electron chi connectivity index (χ1n) is 9.08. The third-order valence-corrected chi connectivity index (χ3v) is 4.31. The van der Waals surface area contributed by atoms with E-state index in [0.29, 0.717) is 11.3 Å². The molecule has 0 aliphatic rings. The van der Waals surface area contributed by atoms with E-state index in [1.807, 2.05) is 50.2 Å². The molecule has 148 valence electrons. The number of hydrogen-bond donors (Lipinski definition) is 1. The fourth-order valence-corrected chi connectivity index (χ4v) is 2.97. The normalized spacial score (nSPS) is 10.9. The van der Waals surface area contributed by atoms with E-state index in [1.54, 1.807) is 23.2 Å². The van der Waals surface area contributed by atoms with E-state index in [2.05, 4.69) is 20.4 Å². The topological polar surface area (TPSA) is 86.1 Å². The maximum Gasteiger partial charge on any atom is 0.330 e. The summed E-state index contributed by atoms with van der Waals surface area (Å²) in [7, 11) is 1.32. The Morgan fingerprint density at radius 3 is 2.55 bits per heavy atom. The van der Waals surface area contributed by atoms with Crippen molar-refractivity contribution >= 4 is 23.5 Å². The lowest BCUT2D eigenvalue weighted by Gasteiger charge is -2.12. The Hall–Kier alpha value is -3.74. The Labute approximate surface area is 169 Å². The largest absolute Gasteiger partial charge is 0.466 e. The van der Waals surface area contributed by atoms with Gasteiger partial charge in [0.05, 0.1) is 31.7 Å². The van der Waals surface area contributed by atoms with Crippen molar-refractivity contribution < 1.29 is 14.3 Å². The number of nitrogens with zero attached hydrogens (tertiary/aromatic N) is 3. The quantitative estimate of drug-likeness (QED) is 0.378. The van der Waals surface area contributed by atoms with E-state index in [-0.39, 0.29) is 12.3 Å². The molecular weight excluding hydrogens is 368 g/mol. The van der Waals surface area contributed by atoms with E-state index >= 15 is 0 Å². The van der Waals surface area contributed by atoms with Gasteiger partial charge in [0.15, 0.2) is 5.78 Å². The number of methoxy groups -OCH3 is 1. The van der Waals surface area contributed by atoms with E-state index in [4.69, 9.17) is 0 Å². The molecule has 1 aromatic heterocycles. The summed E-state index contributed by atoms with van der Waals surface area (Å²) >= 11 is 0. The summed E-state index contributed by atoms with van der Waals surface area (Å²) in [4.78, 5) is 24.1. The number of carbonyl (C=O) groups is 2. The first kappa shape index (κ1) is 20.0. The first-order chi connectivity index (χ1) is 14.0. The van der Waals surface area contributed by atoms with Gasteiger partial charge in [-0.05, 0) is 49.8 Å². The van der Waals surface area contributed by atoms with Crippen LogP contribution in [-0.2, 0) is 9.53 Å². The second-order valence-corrected chi connectivity index (χ2v) is 6.63. The van der Waals surface area contributed by atoms with Gasteiger partial charge in [-0.3, -0.25) is 4.79 Å². The van der Waals surface area contributed by atoms with Gasteiger partial charge in [-0.2, -0.15) is 0 Å². The molecule has 1 heterocycles. The Morgan fingerprint density at radius 1 is 1.14 bits per heavy atom. The van der Waals surface area contributed by atoms with Crippen molar-refractivity contribution in [3.63, 3.8) is 0 Å². The maximum atomic E-state index is 12.7. The van der Waals surface area contributed by atoms with Crippen molar-refractivity contribution in [3.05, 3.63) is 77.1 Å². The third kappa shape index (κ3) is 5.16. The zero-order valence-corrected chi connectivity index (χ0v) is 16.5. The summed E-state index contributed by atoms with van der Waals surface area (Å²) in [6.45, 7) is 4.05. The zero-order chi connectivity index (χ0) is 20.8. The van der Waals surface area contributed by atoms with Crippen molar-refractivity contribution in [1.82, 2.24) is 15.0 Å². The number of benzene rings is 2. The Kier molecular flexibility index (Phi) is 6.19. The summed E-state index contributed by atoms with van der Waals surface area (Å²) in [5.74, 6) is -0.478. The second-order valence-electron chi connectivity index (χ2n) is 6.63. The minimum absolute atomic E-state index is 0.0224. The Balaban J connectivity index is 1.86. The highest BCUT2D eigenvalue weighted by molar-refractivity contribution is 5.99. The predicted octanol–water partition coefficient (Wildman–Crippen LogP) is 3.37. The second kappa shape index (κ2) is 8.97. The van der Waals surface area contributed by atoms with Crippen LogP contribution in [0.2, 0.25) is 0 Å². The molecule has 7 nitrogen and oxygen atoms in total. The lowest BCUT2D eigenvalue weighted by atomic mass is 10.0. The van der Waals surface area contributed by atoms with Gasteiger partial charge in [0.25, 0.3) is 0 Å². The molecule has 3 rings (SSSR count). The molecule has 0 aliphatic heterocycles. The Morgan fingerprint density at radius 2 is 1.90 bits per heavy atom. The van der Waals surface area contributed by atoms with Crippen molar-refractivity contribution in [2.24, 2.45) is 0 Å². The molecule has 0 bridgehead atoms.